The van der Waals surface area contributed by atoms with E-state index in [2.05, 4.69) is 18.7 Å². The Morgan fingerprint density at radius 3 is 2.40 bits per heavy atom. The zero-order chi connectivity index (χ0) is 11.7. The van der Waals surface area contributed by atoms with Crippen LogP contribution in [0.2, 0.25) is 0 Å². The Morgan fingerprint density at radius 1 is 1.33 bits per heavy atom. The van der Waals surface area contributed by atoms with Crippen molar-refractivity contribution in [1.82, 2.24) is 0 Å². The Labute approximate surface area is 96.5 Å². The Balaban J connectivity index is 0.000000921. The summed E-state index contributed by atoms with van der Waals surface area (Å²) >= 11 is 1.23. The van der Waals surface area contributed by atoms with Gasteiger partial charge in [0.15, 0.2) is 0 Å². The van der Waals surface area contributed by atoms with Crippen molar-refractivity contribution in [3.05, 3.63) is 47.4 Å². The van der Waals surface area contributed by atoms with E-state index in [9.17, 15) is 0 Å². The minimum absolute atomic E-state index is 1.01. The fourth-order valence-electron chi connectivity index (χ4n) is 1.19. The number of hydrogen-bond donors (Lipinski definition) is 1. The summed E-state index contributed by atoms with van der Waals surface area (Å²) in [5.74, 6) is 0. The van der Waals surface area contributed by atoms with E-state index in [1.807, 2.05) is 39.0 Å². The van der Waals surface area contributed by atoms with Crippen LogP contribution < -0.4 is 15.6 Å². The summed E-state index contributed by atoms with van der Waals surface area (Å²) in [6, 6.07) is 8.13. The lowest BCUT2D eigenvalue weighted by Crippen LogP contribution is -2.25. The molecule has 0 aromatic heterocycles. The minimum atomic E-state index is 1.01. The summed E-state index contributed by atoms with van der Waals surface area (Å²) in [6.45, 7) is 9.75. The number of nitrogens with two attached hydrogens (primary N) is 1. The quantitative estimate of drug-likeness (QED) is 0.776. The van der Waals surface area contributed by atoms with Gasteiger partial charge in [0.05, 0.1) is 0 Å². The second-order valence-corrected chi connectivity index (χ2v) is 3.24. The molecule has 1 aromatic rings. The fraction of sp³-hybridized carbons (Fsp3) is 0.231. The molecular weight excluding hydrogens is 202 g/mol. The first-order valence-electron chi connectivity index (χ1n) is 5.08. The van der Waals surface area contributed by atoms with Crippen LogP contribution in [0, 0.1) is 0 Å². The molecule has 0 fully saturated rings. The molecule has 0 heterocycles. The van der Waals surface area contributed by atoms with Crippen LogP contribution in [0.5, 0.6) is 0 Å². The lowest BCUT2D eigenvalue weighted by atomic mass is 10.2. The highest BCUT2D eigenvalue weighted by Gasteiger charge is 1.91. The molecule has 0 aliphatic heterocycles. The second kappa shape index (κ2) is 8.33. The van der Waals surface area contributed by atoms with E-state index in [0.717, 1.165) is 10.1 Å². The predicted octanol–water partition coefficient (Wildman–Crippen LogP) is 2.41. The second-order valence-electron chi connectivity index (χ2n) is 2.56. The fourth-order valence-corrected chi connectivity index (χ4v) is 1.60. The molecule has 0 saturated heterocycles. The van der Waals surface area contributed by atoms with Crippen molar-refractivity contribution < 1.29 is 0 Å². The largest absolute Gasteiger partial charge is 0.274 e. The molecule has 15 heavy (non-hydrogen) atoms. The molecule has 0 aliphatic carbocycles. The van der Waals surface area contributed by atoms with Gasteiger partial charge in [-0.05, 0) is 29.3 Å². The van der Waals surface area contributed by atoms with Crippen molar-refractivity contribution in [2.45, 2.75) is 20.8 Å². The van der Waals surface area contributed by atoms with Gasteiger partial charge in [-0.2, -0.15) is 0 Å². The van der Waals surface area contributed by atoms with E-state index in [4.69, 9.17) is 5.14 Å². The first-order valence-corrected chi connectivity index (χ1v) is 5.96. The highest BCUT2D eigenvalue weighted by Crippen LogP contribution is 2.06. The van der Waals surface area contributed by atoms with Gasteiger partial charge in [0.2, 0.25) is 0 Å². The summed E-state index contributed by atoms with van der Waals surface area (Å²) in [6.07, 6.45) is 3.85. The molecule has 0 radical (unpaired) electrons. The van der Waals surface area contributed by atoms with E-state index in [1.54, 1.807) is 6.08 Å². The van der Waals surface area contributed by atoms with E-state index >= 15 is 0 Å². The van der Waals surface area contributed by atoms with E-state index in [-0.39, 0.29) is 0 Å². The summed E-state index contributed by atoms with van der Waals surface area (Å²) < 4.78 is 0. The average molecular weight is 221 g/mol. The van der Waals surface area contributed by atoms with Gasteiger partial charge in [-0.25, -0.2) is 0 Å². The first-order chi connectivity index (χ1) is 7.33. The zero-order valence-corrected chi connectivity index (χ0v) is 10.5. The van der Waals surface area contributed by atoms with Gasteiger partial charge >= 0.3 is 0 Å². The summed E-state index contributed by atoms with van der Waals surface area (Å²) in [5.41, 5.74) is 0. The van der Waals surface area contributed by atoms with Gasteiger partial charge in [0.25, 0.3) is 0 Å². The molecule has 0 bridgehead atoms. The maximum atomic E-state index is 5.53. The van der Waals surface area contributed by atoms with Crippen molar-refractivity contribution in [3.8, 4) is 0 Å². The predicted molar refractivity (Wildman–Crippen MR) is 72.6 cm³/mol. The minimum Gasteiger partial charge on any atom is -0.274 e. The SMILES string of the molecule is C=C/C(SN)=c1/cccc/c1=C/C.CC. The van der Waals surface area contributed by atoms with Gasteiger partial charge in [0, 0.05) is 4.91 Å². The van der Waals surface area contributed by atoms with Crippen LogP contribution in [-0.2, 0) is 0 Å². The molecule has 0 atom stereocenters. The molecular formula is C13H19NS. The van der Waals surface area contributed by atoms with E-state index in [1.165, 1.54) is 17.2 Å². The summed E-state index contributed by atoms with van der Waals surface area (Å²) in [4.78, 5) is 1.01. The summed E-state index contributed by atoms with van der Waals surface area (Å²) in [5, 5.41) is 7.87. The van der Waals surface area contributed by atoms with Gasteiger partial charge in [0.1, 0.15) is 0 Å². The van der Waals surface area contributed by atoms with Crippen molar-refractivity contribution in [3.63, 3.8) is 0 Å². The third-order valence-corrected chi connectivity index (χ3v) is 2.49. The van der Waals surface area contributed by atoms with Crippen LogP contribution in [0.3, 0.4) is 0 Å². The number of benzene rings is 1. The average Bonchev–Trinajstić information content (AvgIpc) is 2.34. The Bertz CT molecular complexity index is 407. The van der Waals surface area contributed by atoms with Crippen LogP contribution in [0.1, 0.15) is 20.8 Å². The Kier molecular flexibility index (Phi) is 7.78. The monoisotopic (exact) mass is 221 g/mol. The highest BCUT2D eigenvalue weighted by molar-refractivity contribution is 8.06. The highest BCUT2D eigenvalue weighted by atomic mass is 32.2. The third-order valence-electron chi connectivity index (χ3n) is 1.85. The smallest absolute Gasteiger partial charge is 0.0298 e. The van der Waals surface area contributed by atoms with Crippen LogP contribution in [0.25, 0.3) is 11.0 Å². The molecule has 1 rings (SSSR count). The molecule has 2 N–H and O–H groups in total. The van der Waals surface area contributed by atoms with Crippen molar-refractivity contribution in [2.24, 2.45) is 5.14 Å². The van der Waals surface area contributed by atoms with Crippen LogP contribution >= 0.6 is 11.9 Å². The van der Waals surface area contributed by atoms with Gasteiger partial charge in [-0.15, -0.1) is 0 Å². The van der Waals surface area contributed by atoms with Crippen molar-refractivity contribution in [2.75, 3.05) is 0 Å². The summed E-state index contributed by atoms with van der Waals surface area (Å²) in [7, 11) is 0. The van der Waals surface area contributed by atoms with Crippen LogP contribution in [0.4, 0.5) is 0 Å². The van der Waals surface area contributed by atoms with E-state index < -0.39 is 0 Å². The van der Waals surface area contributed by atoms with Gasteiger partial charge in [-0.1, -0.05) is 56.8 Å². The molecule has 1 aromatic carbocycles. The first kappa shape index (κ1) is 14.0. The molecule has 0 saturated carbocycles. The third kappa shape index (κ3) is 3.94. The Hall–Kier alpha value is -0.990. The number of hydrogen-bond acceptors (Lipinski definition) is 2. The van der Waals surface area contributed by atoms with Crippen molar-refractivity contribution in [1.29, 1.82) is 0 Å². The topological polar surface area (TPSA) is 26.0 Å². The normalized spacial score (nSPS) is 12.7. The maximum Gasteiger partial charge on any atom is 0.0298 e. The number of rotatable bonds is 2. The molecule has 2 heteroatoms. The van der Waals surface area contributed by atoms with Crippen LogP contribution in [0.15, 0.2) is 36.9 Å². The van der Waals surface area contributed by atoms with Crippen molar-refractivity contribution >= 4 is 22.9 Å². The standard InChI is InChI=1S/C11H13NS.C2H6/c1-3-9-7-5-6-8-10(9)11(4-2)13-12;1-2/h3-8H,2,12H2,1H3;1-2H3/b9-3-,11-10+;. The Morgan fingerprint density at radius 2 is 1.93 bits per heavy atom. The maximum absolute atomic E-state index is 5.53. The van der Waals surface area contributed by atoms with Gasteiger partial charge in [-0.3, -0.25) is 5.14 Å². The van der Waals surface area contributed by atoms with Crippen LogP contribution in [-0.4, -0.2) is 0 Å². The molecule has 82 valence electrons. The lowest BCUT2D eigenvalue weighted by Gasteiger charge is -1.96. The zero-order valence-electron chi connectivity index (χ0n) is 9.66. The molecule has 0 aliphatic rings. The van der Waals surface area contributed by atoms with E-state index in [0.29, 0.717) is 0 Å². The molecule has 1 nitrogen and oxygen atoms in total. The molecule has 0 amide bonds. The van der Waals surface area contributed by atoms with Gasteiger partial charge < -0.3 is 0 Å². The molecule has 0 spiro atoms. The molecule has 0 unspecified atom stereocenters. The lowest BCUT2D eigenvalue weighted by molar-refractivity contribution is 1.50.